The van der Waals surface area contributed by atoms with Crippen molar-refractivity contribution in [1.82, 2.24) is 0 Å². The van der Waals surface area contributed by atoms with Crippen LogP contribution in [0.15, 0.2) is 237 Å². The van der Waals surface area contributed by atoms with Crippen molar-refractivity contribution in [1.29, 1.82) is 0 Å². The summed E-state index contributed by atoms with van der Waals surface area (Å²) in [5, 5.41) is 7.50. The summed E-state index contributed by atoms with van der Waals surface area (Å²) >= 11 is 0. The van der Waals surface area contributed by atoms with Crippen LogP contribution < -0.4 is 4.90 Å². The van der Waals surface area contributed by atoms with Gasteiger partial charge in [0, 0.05) is 22.2 Å². The van der Waals surface area contributed by atoms with E-state index in [2.05, 4.69) is 255 Å². The second-order valence-electron chi connectivity index (χ2n) is 17.6. The maximum absolute atomic E-state index is 2.51. The highest BCUT2D eigenvalue weighted by molar-refractivity contribution is 6.13. The van der Waals surface area contributed by atoms with Gasteiger partial charge in [0.05, 0.1) is 11.4 Å². The third-order valence-corrected chi connectivity index (χ3v) is 13.7. The van der Waals surface area contributed by atoms with E-state index in [1.165, 1.54) is 99.1 Å². The van der Waals surface area contributed by atoms with Crippen LogP contribution in [0.25, 0.3) is 88.0 Å². The van der Waals surface area contributed by atoms with E-state index >= 15 is 0 Å². The second-order valence-corrected chi connectivity index (χ2v) is 17.6. The van der Waals surface area contributed by atoms with E-state index in [4.69, 9.17) is 0 Å². The monoisotopic (exact) mass is 815 g/mol. The average Bonchev–Trinajstić information content (AvgIpc) is 3.59. The summed E-state index contributed by atoms with van der Waals surface area (Å²) in [6.45, 7) is 4.73. The average molecular weight is 816 g/mol. The molecule has 0 unspecified atom stereocenters. The molecule has 11 aromatic carbocycles. The third-order valence-electron chi connectivity index (χ3n) is 13.7. The Morgan fingerprint density at radius 2 is 0.859 bits per heavy atom. The first kappa shape index (κ1) is 37.7. The standard InChI is InChI=1S/C63H45N/c1-63(2)58-33-11-8-27-54(58)55-39-37-46(41-59(55)63)50-26-9-12-34-60(50)64(47-24-14-23-45(40-47)49-29-17-31-52-48-25-7-6-20-43(48)36-38-53(49)52)61-35-13-10-28-56(61)57-32-16-22-44-21-15-30-51(62(44)57)42-18-4-3-5-19-42/h3-41H,1-2H3. The first-order chi connectivity index (χ1) is 31.5. The van der Waals surface area contributed by atoms with Crippen LogP contribution in [-0.4, -0.2) is 0 Å². The van der Waals surface area contributed by atoms with E-state index in [0.717, 1.165) is 17.1 Å². The van der Waals surface area contributed by atoms with Crippen LogP contribution in [0.5, 0.6) is 0 Å². The molecule has 0 aliphatic heterocycles. The first-order valence-electron chi connectivity index (χ1n) is 22.3. The molecule has 1 nitrogen and oxygen atoms in total. The molecule has 1 heteroatoms. The molecule has 0 saturated heterocycles. The number of anilines is 3. The molecular formula is C63H45N. The van der Waals surface area contributed by atoms with Gasteiger partial charge in [0.15, 0.2) is 0 Å². The Bertz CT molecular complexity index is 3590. The molecule has 302 valence electrons. The fraction of sp³-hybridized carbons (Fsp3) is 0.0476. The van der Waals surface area contributed by atoms with Gasteiger partial charge in [-0.1, -0.05) is 220 Å². The van der Waals surface area contributed by atoms with E-state index < -0.39 is 0 Å². The minimum atomic E-state index is -0.119. The minimum absolute atomic E-state index is 0.119. The Labute approximate surface area is 375 Å². The van der Waals surface area contributed by atoms with E-state index in [0.29, 0.717) is 0 Å². The van der Waals surface area contributed by atoms with Crippen molar-refractivity contribution in [3.63, 3.8) is 0 Å². The van der Waals surface area contributed by atoms with E-state index in [1.807, 2.05) is 0 Å². The highest BCUT2D eigenvalue weighted by atomic mass is 15.1. The number of para-hydroxylation sites is 2. The quantitative estimate of drug-likeness (QED) is 0.145. The summed E-state index contributed by atoms with van der Waals surface area (Å²) in [5.41, 5.74) is 18.2. The van der Waals surface area contributed by atoms with Crippen LogP contribution in [-0.2, 0) is 5.41 Å². The lowest BCUT2D eigenvalue weighted by Gasteiger charge is -2.31. The molecule has 0 spiro atoms. The number of rotatable bonds is 7. The molecule has 0 saturated carbocycles. The van der Waals surface area contributed by atoms with E-state index in [9.17, 15) is 0 Å². The van der Waals surface area contributed by atoms with Crippen LogP contribution in [0.1, 0.15) is 25.0 Å². The van der Waals surface area contributed by atoms with Gasteiger partial charge in [-0.3, -0.25) is 0 Å². The zero-order valence-electron chi connectivity index (χ0n) is 36.0. The largest absolute Gasteiger partial charge is 0.309 e. The number of nitrogens with zero attached hydrogens (tertiary/aromatic N) is 1. The lowest BCUT2D eigenvalue weighted by molar-refractivity contribution is 0.660. The molecule has 12 rings (SSSR count). The van der Waals surface area contributed by atoms with Crippen LogP contribution in [0.3, 0.4) is 0 Å². The Hall–Kier alpha value is -8.00. The van der Waals surface area contributed by atoms with Gasteiger partial charge < -0.3 is 4.90 Å². The van der Waals surface area contributed by atoms with Gasteiger partial charge in [0.1, 0.15) is 0 Å². The molecule has 11 aromatic rings. The predicted molar refractivity (Wildman–Crippen MR) is 273 cm³/mol. The van der Waals surface area contributed by atoms with Crippen molar-refractivity contribution in [2.24, 2.45) is 0 Å². The number of fused-ring (bicyclic) bond motifs is 7. The number of hydrogen-bond acceptors (Lipinski definition) is 1. The van der Waals surface area contributed by atoms with Crippen molar-refractivity contribution < 1.29 is 0 Å². The van der Waals surface area contributed by atoms with E-state index in [-0.39, 0.29) is 5.41 Å². The lowest BCUT2D eigenvalue weighted by Crippen LogP contribution is -2.15. The SMILES string of the molecule is CC1(C)c2ccccc2-c2ccc(-c3ccccc3N(c3cccc(-c4cccc5c4ccc4ccccc45)c3)c3ccccc3-c3cccc4cccc(-c5ccccc5)c34)cc21. The zero-order valence-corrected chi connectivity index (χ0v) is 36.0. The topological polar surface area (TPSA) is 3.24 Å². The number of hydrogen-bond donors (Lipinski definition) is 0. The fourth-order valence-electron chi connectivity index (χ4n) is 10.6. The van der Waals surface area contributed by atoms with Gasteiger partial charge in [-0.15, -0.1) is 0 Å². The molecule has 0 N–H and O–H groups in total. The van der Waals surface area contributed by atoms with Crippen LogP contribution in [0.2, 0.25) is 0 Å². The maximum atomic E-state index is 2.51. The second kappa shape index (κ2) is 15.1. The van der Waals surface area contributed by atoms with Gasteiger partial charge in [-0.05, 0) is 118 Å². The Morgan fingerprint density at radius 1 is 0.297 bits per heavy atom. The highest BCUT2D eigenvalue weighted by Crippen LogP contribution is 2.52. The number of benzene rings is 11. The molecule has 0 radical (unpaired) electrons. The summed E-state index contributed by atoms with van der Waals surface area (Å²) in [4.78, 5) is 2.51. The molecule has 0 fully saturated rings. The highest BCUT2D eigenvalue weighted by Gasteiger charge is 2.35. The van der Waals surface area contributed by atoms with Gasteiger partial charge in [0.25, 0.3) is 0 Å². The Balaban J connectivity index is 1.10. The van der Waals surface area contributed by atoms with Gasteiger partial charge in [-0.2, -0.15) is 0 Å². The van der Waals surface area contributed by atoms with Crippen LogP contribution >= 0.6 is 0 Å². The molecule has 64 heavy (non-hydrogen) atoms. The summed E-state index contributed by atoms with van der Waals surface area (Å²) in [6, 6.07) is 87.3. The summed E-state index contributed by atoms with van der Waals surface area (Å²) < 4.78 is 0. The van der Waals surface area contributed by atoms with Crippen molar-refractivity contribution >= 4 is 49.4 Å². The molecular weight excluding hydrogens is 771 g/mol. The normalized spacial score (nSPS) is 12.7. The fourth-order valence-corrected chi connectivity index (χ4v) is 10.6. The maximum Gasteiger partial charge on any atom is 0.0540 e. The lowest BCUT2D eigenvalue weighted by atomic mass is 9.81. The smallest absolute Gasteiger partial charge is 0.0540 e. The summed E-state index contributed by atoms with van der Waals surface area (Å²) in [5.74, 6) is 0. The molecule has 0 aromatic heterocycles. The van der Waals surface area contributed by atoms with Crippen LogP contribution in [0, 0.1) is 0 Å². The molecule has 0 heterocycles. The van der Waals surface area contributed by atoms with Crippen molar-refractivity contribution in [3.8, 4) is 55.6 Å². The first-order valence-corrected chi connectivity index (χ1v) is 22.3. The predicted octanol–water partition coefficient (Wildman–Crippen LogP) is 17.6. The Kier molecular flexibility index (Phi) is 8.91. The molecule has 0 atom stereocenters. The van der Waals surface area contributed by atoms with Crippen LogP contribution in [0.4, 0.5) is 17.1 Å². The summed E-state index contributed by atoms with van der Waals surface area (Å²) in [6.07, 6.45) is 0. The van der Waals surface area contributed by atoms with E-state index in [1.54, 1.807) is 0 Å². The summed E-state index contributed by atoms with van der Waals surface area (Å²) in [7, 11) is 0. The molecule has 0 amide bonds. The minimum Gasteiger partial charge on any atom is -0.309 e. The molecule has 0 bridgehead atoms. The molecule has 1 aliphatic rings. The third kappa shape index (κ3) is 6.08. The van der Waals surface area contributed by atoms with Gasteiger partial charge in [0.2, 0.25) is 0 Å². The molecule has 1 aliphatic carbocycles. The van der Waals surface area contributed by atoms with Gasteiger partial charge in [-0.25, -0.2) is 0 Å². The van der Waals surface area contributed by atoms with Crippen molar-refractivity contribution in [2.45, 2.75) is 19.3 Å². The Morgan fingerprint density at radius 3 is 1.70 bits per heavy atom. The van der Waals surface area contributed by atoms with Gasteiger partial charge >= 0.3 is 0 Å². The van der Waals surface area contributed by atoms with Crippen molar-refractivity contribution in [2.75, 3.05) is 4.90 Å². The zero-order chi connectivity index (χ0) is 42.8. The van der Waals surface area contributed by atoms with Crippen molar-refractivity contribution in [3.05, 3.63) is 248 Å².